The van der Waals surface area contributed by atoms with E-state index in [1.54, 1.807) is 18.0 Å². The number of thioether (sulfide) groups is 1. The van der Waals surface area contributed by atoms with Crippen LogP contribution < -0.4 is 4.57 Å². The van der Waals surface area contributed by atoms with E-state index in [1.807, 2.05) is 65.6 Å². The van der Waals surface area contributed by atoms with E-state index < -0.39 is 0 Å². The van der Waals surface area contributed by atoms with Crippen molar-refractivity contribution < 1.29 is 14.1 Å². The van der Waals surface area contributed by atoms with Crippen molar-refractivity contribution in [2.45, 2.75) is 43.2 Å². The van der Waals surface area contributed by atoms with E-state index in [9.17, 15) is 4.79 Å². The lowest BCUT2D eigenvalue weighted by atomic mass is 10.2. The molecule has 30 heavy (non-hydrogen) atoms. The van der Waals surface area contributed by atoms with Crippen LogP contribution in [0.2, 0.25) is 0 Å². The largest absolute Gasteiger partial charge is 0.461 e. The Balaban J connectivity index is 1.34. The van der Waals surface area contributed by atoms with Gasteiger partial charge in [-0.3, -0.25) is 9.79 Å². The third kappa shape index (κ3) is 5.10. The molecule has 0 bridgehead atoms. The van der Waals surface area contributed by atoms with Gasteiger partial charge in [-0.15, -0.1) is 0 Å². The first kappa shape index (κ1) is 20.2. The maximum absolute atomic E-state index is 12.0. The summed E-state index contributed by atoms with van der Waals surface area (Å²) in [4.78, 5) is 25.6. The van der Waals surface area contributed by atoms with Crippen LogP contribution in [-0.2, 0) is 22.7 Å². The number of rotatable bonds is 6. The van der Waals surface area contributed by atoms with Gasteiger partial charge in [0.25, 0.3) is 0 Å². The monoisotopic (exact) mass is 419 g/mol. The molecule has 1 aromatic carbocycles. The summed E-state index contributed by atoms with van der Waals surface area (Å²) in [5.41, 5.74) is 2.72. The van der Waals surface area contributed by atoms with Crippen molar-refractivity contribution in [3.05, 3.63) is 66.6 Å². The standard InChI is InChI=1S/C23H23N4O2S/c1-23(2)16-25-19-14-24-21(26-22(19)30-23)18-8-11-27(12-9-18)13-10-20(28)29-15-17-6-4-3-5-7-17/h3-9,11-12,14,16H,10,13,15H2,1-2H3/q+1. The van der Waals surface area contributed by atoms with E-state index in [1.165, 1.54) is 0 Å². The average molecular weight is 420 g/mol. The molecule has 3 aromatic rings. The highest BCUT2D eigenvalue weighted by Crippen LogP contribution is 2.40. The van der Waals surface area contributed by atoms with Crippen molar-refractivity contribution in [3.8, 4) is 11.4 Å². The second-order valence-corrected chi connectivity index (χ2v) is 9.21. The van der Waals surface area contributed by atoms with Crippen molar-refractivity contribution >= 4 is 29.6 Å². The molecule has 0 amide bonds. The number of nitrogens with zero attached hydrogens (tertiary/aromatic N) is 4. The van der Waals surface area contributed by atoms with Crippen LogP contribution in [-0.4, -0.2) is 26.9 Å². The molecule has 0 radical (unpaired) electrons. The Kier molecular flexibility index (Phi) is 5.90. The lowest BCUT2D eigenvalue weighted by Crippen LogP contribution is -2.34. The zero-order chi connectivity index (χ0) is 21.0. The van der Waals surface area contributed by atoms with Crippen molar-refractivity contribution in [3.63, 3.8) is 0 Å². The zero-order valence-electron chi connectivity index (χ0n) is 17.0. The van der Waals surface area contributed by atoms with Crippen LogP contribution >= 0.6 is 11.8 Å². The highest BCUT2D eigenvalue weighted by atomic mass is 32.2. The van der Waals surface area contributed by atoms with Gasteiger partial charge in [0, 0.05) is 23.9 Å². The SMILES string of the molecule is CC1(C)C=Nc2cnc(-c3cc[n+](CCC(=O)OCc4ccccc4)cc3)nc2S1. The molecular weight excluding hydrogens is 396 g/mol. The second-order valence-electron chi connectivity index (χ2n) is 7.57. The van der Waals surface area contributed by atoms with Gasteiger partial charge in [0.05, 0.1) is 10.9 Å². The minimum absolute atomic E-state index is 0.0759. The van der Waals surface area contributed by atoms with E-state index >= 15 is 0 Å². The molecule has 0 unspecified atom stereocenters. The summed E-state index contributed by atoms with van der Waals surface area (Å²) in [6.07, 6.45) is 7.87. The molecule has 3 heterocycles. The maximum atomic E-state index is 12.0. The molecule has 1 aliphatic rings. The Hall–Kier alpha value is -3.06. The van der Waals surface area contributed by atoms with Gasteiger partial charge in [-0.2, -0.15) is 0 Å². The number of aromatic nitrogens is 3. The predicted octanol–water partition coefficient (Wildman–Crippen LogP) is 4.15. The van der Waals surface area contributed by atoms with Gasteiger partial charge >= 0.3 is 5.97 Å². The Morgan fingerprint density at radius 2 is 1.90 bits per heavy atom. The van der Waals surface area contributed by atoms with E-state index in [-0.39, 0.29) is 10.7 Å². The Morgan fingerprint density at radius 3 is 2.67 bits per heavy atom. The van der Waals surface area contributed by atoms with E-state index in [0.29, 0.717) is 25.4 Å². The summed E-state index contributed by atoms with van der Waals surface area (Å²) in [6.45, 7) is 5.08. The fraction of sp³-hybridized carbons (Fsp3) is 0.261. The van der Waals surface area contributed by atoms with Crippen LogP contribution in [0.5, 0.6) is 0 Å². The second kappa shape index (κ2) is 8.75. The fourth-order valence-corrected chi connectivity index (χ4v) is 3.89. The summed E-state index contributed by atoms with van der Waals surface area (Å²) in [5, 5.41) is 0.894. The normalized spacial score (nSPS) is 14.2. The molecule has 0 spiro atoms. The van der Waals surface area contributed by atoms with E-state index in [0.717, 1.165) is 21.8 Å². The summed E-state index contributed by atoms with van der Waals surface area (Å²) in [5.74, 6) is 0.456. The molecule has 6 nitrogen and oxygen atoms in total. The van der Waals surface area contributed by atoms with Crippen LogP contribution in [0.3, 0.4) is 0 Å². The quantitative estimate of drug-likeness (QED) is 0.341. The van der Waals surface area contributed by atoms with Gasteiger partial charge in [-0.25, -0.2) is 14.5 Å². The average Bonchev–Trinajstić information content (AvgIpc) is 2.76. The van der Waals surface area contributed by atoms with Crippen LogP contribution in [0, 0.1) is 0 Å². The third-order valence-electron chi connectivity index (χ3n) is 4.58. The number of hydrogen-bond donors (Lipinski definition) is 0. The lowest BCUT2D eigenvalue weighted by molar-refractivity contribution is -0.695. The molecule has 0 aliphatic carbocycles. The summed E-state index contributed by atoms with van der Waals surface area (Å²) >= 11 is 1.68. The molecule has 7 heteroatoms. The molecule has 0 fully saturated rings. The van der Waals surface area contributed by atoms with Gasteiger partial charge in [0.1, 0.15) is 23.7 Å². The molecule has 0 saturated carbocycles. The smallest absolute Gasteiger partial charge is 0.312 e. The van der Waals surface area contributed by atoms with Gasteiger partial charge in [0.2, 0.25) is 0 Å². The van der Waals surface area contributed by atoms with Gasteiger partial charge in [-0.05, 0) is 19.4 Å². The molecule has 4 rings (SSSR count). The molecule has 152 valence electrons. The first-order chi connectivity index (χ1) is 14.5. The minimum Gasteiger partial charge on any atom is -0.461 e. The van der Waals surface area contributed by atoms with Gasteiger partial charge in [-0.1, -0.05) is 42.1 Å². The number of carbonyl (C=O) groups excluding carboxylic acids is 1. The van der Waals surface area contributed by atoms with Crippen molar-refractivity contribution in [1.29, 1.82) is 0 Å². The van der Waals surface area contributed by atoms with Crippen molar-refractivity contribution in [1.82, 2.24) is 9.97 Å². The minimum atomic E-state index is -0.214. The zero-order valence-corrected chi connectivity index (χ0v) is 17.8. The number of aliphatic imine (C=N–C) groups is 1. The Bertz CT molecular complexity index is 1070. The topological polar surface area (TPSA) is 68.3 Å². The summed E-state index contributed by atoms with van der Waals surface area (Å²) in [7, 11) is 0. The number of esters is 1. The molecule has 0 N–H and O–H groups in total. The molecule has 0 atom stereocenters. The fourth-order valence-electron chi connectivity index (χ4n) is 2.95. The highest BCUT2D eigenvalue weighted by molar-refractivity contribution is 8.01. The molecular formula is C23H23N4O2S+. The molecule has 1 aliphatic heterocycles. The molecule has 2 aromatic heterocycles. The summed E-state index contributed by atoms with van der Waals surface area (Å²) in [6, 6.07) is 13.6. The maximum Gasteiger partial charge on any atom is 0.312 e. The summed E-state index contributed by atoms with van der Waals surface area (Å²) < 4.78 is 7.20. The van der Waals surface area contributed by atoms with Crippen LogP contribution in [0.1, 0.15) is 25.8 Å². The number of fused-ring (bicyclic) bond motifs is 1. The number of aryl methyl sites for hydroxylation is 1. The predicted molar refractivity (Wildman–Crippen MR) is 117 cm³/mol. The highest BCUT2D eigenvalue weighted by Gasteiger charge is 2.24. The van der Waals surface area contributed by atoms with Gasteiger partial charge in [0.15, 0.2) is 24.8 Å². The van der Waals surface area contributed by atoms with Crippen LogP contribution in [0.25, 0.3) is 11.4 Å². The number of pyridine rings is 1. The van der Waals surface area contributed by atoms with Crippen molar-refractivity contribution in [2.75, 3.05) is 0 Å². The van der Waals surface area contributed by atoms with Crippen LogP contribution in [0.4, 0.5) is 5.69 Å². The number of carbonyl (C=O) groups is 1. The van der Waals surface area contributed by atoms with E-state index in [4.69, 9.17) is 9.72 Å². The number of ether oxygens (including phenoxy) is 1. The van der Waals surface area contributed by atoms with Crippen molar-refractivity contribution in [2.24, 2.45) is 4.99 Å². The third-order valence-corrected chi connectivity index (χ3v) is 5.70. The molecule has 0 saturated heterocycles. The first-order valence-corrected chi connectivity index (χ1v) is 10.6. The van der Waals surface area contributed by atoms with E-state index in [2.05, 4.69) is 23.8 Å². The Labute approximate surface area is 180 Å². The Morgan fingerprint density at radius 1 is 1.13 bits per heavy atom. The first-order valence-electron chi connectivity index (χ1n) is 9.79. The number of hydrogen-bond acceptors (Lipinski definition) is 6. The van der Waals surface area contributed by atoms with Crippen LogP contribution in [0.15, 0.2) is 71.1 Å². The van der Waals surface area contributed by atoms with Gasteiger partial charge < -0.3 is 4.74 Å². The lowest BCUT2D eigenvalue weighted by Gasteiger charge is -2.22. The number of benzene rings is 1.